The number of nitro benzene ring substituents is 1. The molecule has 0 atom stereocenters. The number of aliphatic imine (C=N–C) groups is 1. The van der Waals surface area contributed by atoms with Crippen LogP contribution in [0.3, 0.4) is 0 Å². The summed E-state index contributed by atoms with van der Waals surface area (Å²) in [6, 6.07) is 4.78. The number of non-ortho nitro benzene ring substituents is 1. The number of nitrogens with one attached hydrogen (secondary N) is 1. The van der Waals surface area contributed by atoms with Gasteiger partial charge in [-0.05, 0) is 67.5 Å². The third-order valence-corrected chi connectivity index (χ3v) is 4.44. The second-order valence-electron chi connectivity index (χ2n) is 10.2. The number of cyclic esters (lactones) is 1. The van der Waals surface area contributed by atoms with Crippen LogP contribution in [0.1, 0.15) is 65.7 Å². The second kappa shape index (κ2) is 8.76. The van der Waals surface area contributed by atoms with Crippen molar-refractivity contribution in [1.82, 2.24) is 5.32 Å². The third-order valence-electron chi connectivity index (χ3n) is 4.44. The van der Waals surface area contributed by atoms with Crippen LogP contribution in [-0.2, 0) is 19.1 Å². The third kappa shape index (κ3) is 6.24. The minimum Gasteiger partial charge on any atom is -0.416 e. The molecule has 0 aromatic heterocycles. The first kappa shape index (κ1) is 25.7. The Hall–Kier alpha value is -3.56. The molecule has 0 radical (unpaired) electrons. The molecule has 1 heterocycles. The highest BCUT2D eigenvalue weighted by molar-refractivity contribution is 6.17. The number of nitrogens with zero attached hydrogens (tertiary/aromatic N) is 2. The van der Waals surface area contributed by atoms with Gasteiger partial charge in [-0.1, -0.05) is 0 Å². The number of hydrogen-bond donors (Lipinski definition) is 1. The number of hydrogen-bond acceptors (Lipinski definition) is 8. The summed E-state index contributed by atoms with van der Waals surface area (Å²) in [6.45, 7) is 13.7. The van der Waals surface area contributed by atoms with Crippen LogP contribution in [0.2, 0.25) is 0 Å². The van der Waals surface area contributed by atoms with Crippen molar-refractivity contribution in [3.8, 4) is 0 Å². The van der Waals surface area contributed by atoms with Crippen molar-refractivity contribution in [3.63, 3.8) is 0 Å². The minimum atomic E-state index is -1.43. The first-order chi connectivity index (χ1) is 14.9. The lowest BCUT2D eigenvalue weighted by molar-refractivity contribution is -0.384. The van der Waals surface area contributed by atoms with Gasteiger partial charge in [-0.2, -0.15) is 0 Å². The van der Waals surface area contributed by atoms with Crippen LogP contribution in [0.5, 0.6) is 0 Å². The first-order valence-electron chi connectivity index (χ1n) is 10.3. The van der Waals surface area contributed by atoms with E-state index >= 15 is 0 Å². The molecule has 33 heavy (non-hydrogen) atoms. The molecule has 2 rings (SSSR count). The predicted molar refractivity (Wildman–Crippen MR) is 120 cm³/mol. The molecule has 1 aliphatic rings. The molecular formula is C23H29N3O7. The maximum absolute atomic E-state index is 13.0. The Bertz CT molecular complexity index is 1050. The van der Waals surface area contributed by atoms with Crippen molar-refractivity contribution >= 4 is 29.4 Å². The van der Waals surface area contributed by atoms with Crippen LogP contribution in [0, 0.1) is 15.5 Å². The number of benzene rings is 1. The van der Waals surface area contributed by atoms with E-state index in [4.69, 9.17) is 9.47 Å². The van der Waals surface area contributed by atoms with Gasteiger partial charge in [-0.15, -0.1) is 0 Å². The monoisotopic (exact) mass is 459 g/mol. The predicted octanol–water partition coefficient (Wildman–Crippen LogP) is 3.70. The molecule has 10 heteroatoms. The largest absolute Gasteiger partial charge is 0.416 e. The minimum absolute atomic E-state index is 0.0128. The Morgan fingerprint density at radius 1 is 1.03 bits per heavy atom. The molecule has 0 saturated carbocycles. The molecule has 0 bridgehead atoms. The average molecular weight is 459 g/mol. The van der Waals surface area contributed by atoms with E-state index in [9.17, 15) is 24.5 Å². The van der Waals surface area contributed by atoms with Gasteiger partial charge in [0.05, 0.1) is 21.4 Å². The van der Waals surface area contributed by atoms with Crippen molar-refractivity contribution in [2.24, 2.45) is 10.4 Å². The van der Waals surface area contributed by atoms with Gasteiger partial charge in [-0.3, -0.25) is 14.9 Å². The second-order valence-corrected chi connectivity index (χ2v) is 10.2. The number of esters is 2. The Labute approximate surface area is 192 Å². The summed E-state index contributed by atoms with van der Waals surface area (Å²) < 4.78 is 10.8. The van der Waals surface area contributed by atoms with E-state index < -0.39 is 39.3 Å². The topological polar surface area (TPSA) is 137 Å². The molecule has 1 aromatic carbocycles. The van der Waals surface area contributed by atoms with E-state index in [1.807, 2.05) is 0 Å². The zero-order chi connectivity index (χ0) is 25.4. The lowest BCUT2D eigenvalue weighted by atomic mass is 9.82. The zero-order valence-electron chi connectivity index (χ0n) is 20.1. The number of nitro groups is 1. The summed E-state index contributed by atoms with van der Waals surface area (Å²) >= 11 is 0. The Morgan fingerprint density at radius 2 is 1.58 bits per heavy atom. The molecule has 178 valence electrons. The molecule has 10 nitrogen and oxygen atoms in total. The summed E-state index contributed by atoms with van der Waals surface area (Å²) in [7, 11) is 0. The van der Waals surface area contributed by atoms with E-state index in [0.29, 0.717) is 0 Å². The van der Waals surface area contributed by atoms with Gasteiger partial charge in [0.1, 0.15) is 5.57 Å². The van der Waals surface area contributed by atoms with Crippen LogP contribution in [0.25, 0.3) is 0 Å². The van der Waals surface area contributed by atoms with Crippen LogP contribution in [-0.4, -0.2) is 39.7 Å². The summed E-state index contributed by atoms with van der Waals surface area (Å²) in [6.07, 6.45) is 0. The fraction of sp³-hybridized carbons (Fsp3) is 0.478. The fourth-order valence-corrected chi connectivity index (χ4v) is 2.88. The fourth-order valence-electron chi connectivity index (χ4n) is 2.88. The first-order valence-corrected chi connectivity index (χ1v) is 10.3. The molecule has 1 aromatic rings. The average Bonchev–Trinajstić information content (AvgIpc) is 2.93. The van der Waals surface area contributed by atoms with E-state index in [0.717, 1.165) is 12.1 Å². The van der Waals surface area contributed by atoms with Gasteiger partial charge in [-0.25, -0.2) is 14.6 Å². The van der Waals surface area contributed by atoms with E-state index in [1.54, 1.807) is 41.5 Å². The smallest absolute Gasteiger partial charge is 0.345 e. The maximum atomic E-state index is 13.0. The Balaban J connectivity index is 2.57. The van der Waals surface area contributed by atoms with Crippen molar-refractivity contribution in [2.45, 2.75) is 66.5 Å². The van der Waals surface area contributed by atoms with Crippen molar-refractivity contribution in [1.29, 1.82) is 0 Å². The number of amides is 1. The van der Waals surface area contributed by atoms with Gasteiger partial charge in [0.25, 0.3) is 11.6 Å². The molecule has 1 N–H and O–H groups in total. The molecule has 0 saturated heterocycles. The lowest BCUT2D eigenvalue weighted by Crippen LogP contribution is -2.48. The highest BCUT2D eigenvalue weighted by Crippen LogP contribution is 2.37. The van der Waals surface area contributed by atoms with Gasteiger partial charge in [0.15, 0.2) is 0 Å². The number of carbonyl (C=O) groups is 3. The summed E-state index contributed by atoms with van der Waals surface area (Å²) in [5, 5.41) is 13.7. The summed E-state index contributed by atoms with van der Waals surface area (Å²) in [5.41, 5.74) is -3.02. The van der Waals surface area contributed by atoms with Crippen molar-refractivity contribution in [2.75, 3.05) is 0 Å². The summed E-state index contributed by atoms with van der Waals surface area (Å²) in [5.74, 6) is -2.67. The molecular weight excluding hydrogens is 430 g/mol. The van der Waals surface area contributed by atoms with Gasteiger partial charge < -0.3 is 14.8 Å². The SMILES string of the molecule is CC(C)(C)N=C1OC(=O)C(C(C)(C)C(=O)NC(C)(C)C)=C1OC(=O)c1ccc([N+](=O)[O-])cc1. The molecule has 0 aliphatic carbocycles. The summed E-state index contributed by atoms with van der Waals surface area (Å²) in [4.78, 5) is 53.3. The molecule has 1 aliphatic heterocycles. The van der Waals surface area contributed by atoms with E-state index in [-0.39, 0.29) is 28.5 Å². The molecule has 0 fully saturated rings. The van der Waals surface area contributed by atoms with Gasteiger partial charge in [0.2, 0.25) is 11.7 Å². The van der Waals surface area contributed by atoms with Crippen LogP contribution >= 0.6 is 0 Å². The van der Waals surface area contributed by atoms with Gasteiger partial charge >= 0.3 is 11.9 Å². The lowest BCUT2D eigenvalue weighted by Gasteiger charge is -2.29. The Kier molecular flexibility index (Phi) is 6.82. The van der Waals surface area contributed by atoms with Crippen LogP contribution < -0.4 is 5.32 Å². The quantitative estimate of drug-likeness (QED) is 0.402. The highest BCUT2D eigenvalue weighted by Gasteiger charge is 2.48. The zero-order valence-corrected chi connectivity index (χ0v) is 20.1. The maximum Gasteiger partial charge on any atom is 0.345 e. The highest BCUT2D eigenvalue weighted by atomic mass is 16.6. The standard InChI is InChI=1S/C23H29N3O7/c1-21(2,3)24-17-16(32-18(27)13-9-11-14(12-10-13)26(30)31)15(19(28)33-17)23(7,8)20(29)25-22(4,5)6/h9-12H,1-8H3,(H,25,29). The number of carbonyl (C=O) groups excluding carboxylic acids is 3. The molecule has 0 spiro atoms. The number of rotatable bonds is 5. The normalized spacial score (nSPS) is 16.0. The Morgan fingerprint density at radius 3 is 2.03 bits per heavy atom. The van der Waals surface area contributed by atoms with Crippen LogP contribution in [0.4, 0.5) is 5.69 Å². The van der Waals surface area contributed by atoms with Crippen molar-refractivity contribution < 1.29 is 28.8 Å². The van der Waals surface area contributed by atoms with E-state index in [2.05, 4.69) is 10.3 Å². The van der Waals surface area contributed by atoms with E-state index in [1.165, 1.54) is 26.0 Å². The molecule has 0 unspecified atom stereocenters. The van der Waals surface area contributed by atoms with Gasteiger partial charge in [0, 0.05) is 17.7 Å². The van der Waals surface area contributed by atoms with Crippen LogP contribution in [0.15, 0.2) is 40.6 Å². The number of ether oxygens (including phenoxy) is 2. The van der Waals surface area contributed by atoms with Crippen molar-refractivity contribution in [3.05, 3.63) is 51.3 Å². The molecule has 1 amide bonds.